The highest BCUT2D eigenvalue weighted by Gasteiger charge is 2.40. The van der Waals surface area contributed by atoms with Crippen LogP contribution in [0.4, 0.5) is 0 Å². The van der Waals surface area contributed by atoms with E-state index in [1.807, 2.05) is 11.8 Å². The van der Waals surface area contributed by atoms with Crippen LogP contribution in [0.3, 0.4) is 0 Å². The van der Waals surface area contributed by atoms with Crippen molar-refractivity contribution in [1.82, 2.24) is 10.2 Å². The minimum absolute atomic E-state index is 0.156. The quantitative estimate of drug-likeness (QED) is 0.623. The molecule has 22 heavy (non-hydrogen) atoms. The van der Waals surface area contributed by atoms with Crippen molar-refractivity contribution in [2.45, 2.75) is 44.1 Å². The molecular formula is C16H31N3O2S. The summed E-state index contributed by atoms with van der Waals surface area (Å²) >= 11 is 2.01. The topological polar surface area (TPSA) is 67.6 Å². The molecule has 2 aliphatic heterocycles. The summed E-state index contributed by atoms with van der Waals surface area (Å²) in [6.07, 6.45) is 6.11. The zero-order chi connectivity index (χ0) is 15.7. The van der Waals surface area contributed by atoms with E-state index in [4.69, 9.17) is 10.5 Å². The number of carbonyl (C=O) groups is 1. The molecule has 0 radical (unpaired) electrons. The second-order valence-corrected chi connectivity index (χ2v) is 7.46. The van der Waals surface area contributed by atoms with Gasteiger partial charge in [0, 0.05) is 37.3 Å². The van der Waals surface area contributed by atoms with Crippen LogP contribution in [-0.4, -0.2) is 67.2 Å². The molecule has 6 heteroatoms. The van der Waals surface area contributed by atoms with Crippen LogP contribution < -0.4 is 11.1 Å². The van der Waals surface area contributed by atoms with E-state index in [0.717, 1.165) is 70.8 Å². The Labute approximate surface area is 138 Å². The third-order valence-corrected chi connectivity index (χ3v) is 5.97. The van der Waals surface area contributed by atoms with Gasteiger partial charge in [-0.3, -0.25) is 9.69 Å². The predicted molar refractivity (Wildman–Crippen MR) is 92.2 cm³/mol. The van der Waals surface area contributed by atoms with E-state index in [-0.39, 0.29) is 11.4 Å². The minimum atomic E-state index is 0.156. The maximum absolute atomic E-state index is 12.1. The van der Waals surface area contributed by atoms with Crippen molar-refractivity contribution in [3.8, 4) is 0 Å². The van der Waals surface area contributed by atoms with Gasteiger partial charge in [-0.1, -0.05) is 12.8 Å². The van der Waals surface area contributed by atoms with Crippen LogP contribution >= 0.6 is 11.8 Å². The smallest absolute Gasteiger partial charge is 0.220 e. The molecule has 0 aromatic carbocycles. The Kier molecular flexibility index (Phi) is 8.00. The van der Waals surface area contributed by atoms with E-state index in [0.29, 0.717) is 6.42 Å². The molecule has 0 aromatic heterocycles. The highest BCUT2D eigenvalue weighted by molar-refractivity contribution is 7.99. The molecule has 5 nitrogen and oxygen atoms in total. The number of hydrogen-bond donors (Lipinski definition) is 2. The molecule has 2 saturated heterocycles. The van der Waals surface area contributed by atoms with Gasteiger partial charge in [0.05, 0.1) is 13.2 Å². The molecule has 2 rings (SSSR count). The van der Waals surface area contributed by atoms with Crippen LogP contribution in [0.1, 0.15) is 38.5 Å². The number of unbranched alkanes of at least 4 members (excludes halogenated alkanes) is 3. The molecule has 1 unspecified atom stereocenters. The summed E-state index contributed by atoms with van der Waals surface area (Å²) in [5.74, 6) is 2.54. The summed E-state index contributed by atoms with van der Waals surface area (Å²) in [4.78, 5) is 14.6. The molecule has 2 aliphatic rings. The maximum atomic E-state index is 12.1. The standard InChI is InChI=1S/C16H31N3O2S/c17-7-4-2-1-3-5-15(20)18-13-16(6-12-22-14-16)19-8-10-21-11-9-19/h1-14,17H2,(H,18,20). The fourth-order valence-corrected chi connectivity index (χ4v) is 4.75. The highest BCUT2D eigenvalue weighted by atomic mass is 32.2. The average molecular weight is 330 g/mol. The lowest BCUT2D eigenvalue weighted by molar-refractivity contribution is -0.122. The van der Waals surface area contributed by atoms with Crippen LogP contribution in [0.5, 0.6) is 0 Å². The summed E-state index contributed by atoms with van der Waals surface area (Å²) in [6, 6.07) is 0. The molecular weight excluding hydrogens is 298 g/mol. The third kappa shape index (κ3) is 5.41. The zero-order valence-electron chi connectivity index (χ0n) is 13.6. The van der Waals surface area contributed by atoms with E-state index in [1.165, 1.54) is 12.2 Å². The summed E-state index contributed by atoms with van der Waals surface area (Å²) in [6.45, 7) is 5.18. The molecule has 0 saturated carbocycles. The van der Waals surface area contributed by atoms with Crippen LogP contribution in [0, 0.1) is 0 Å². The lowest BCUT2D eigenvalue weighted by atomic mass is 9.95. The van der Waals surface area contributed by atoms with E-state index in [9.17, 15) is 4.79 Å². The normalized spacial score (nSPS) is 26.2. The van der Waals surface area contributed by atoms with Crippen LogP contribution in [0.25, 0.3) is 0 Å². The zero-order valence-corrected chi connectivity index (χ0v) is 14.5. The fourth-order valence-electron chi connectivity index (χ4n) is 3.27. The Bertz CT molecular complexity index is 329. The van der Waals surface area contributed by atoms with Gasteiger partial charge in [0.15, 0.2) is 0 Å². The molecule has 0 bridgehead atoms. The lowest BCUT2D eigenvalue weighted by Gasteiger charge is -2.43. The van der Waals surface area contributed by atoms with E-state index in [2.05, 4.69) is 10.2 Å². The molecule has 2 heterocycles. The van der Waals surface area contributed by atoms with Crippen molar-refractivity contribution >= 4 is 17.7 Å². The Balaban J connectivity index is 1.71. The number of nitrogens with two attached hydrogens (primary N) is 1. The molecule has 3 N–H and O–H groups in total. The van der Waals surface area contributed by atoms with E-state index in [1.54, 1.807) is 0 Å². The first-order chi connectivity index (χ1) is 10.8. The molecule has 0 spiro atoms. The predicted octanol–water partition coefficient (Wildman–Crippen LogP) is 1.22. The van der Waals surface area contributed by atoms with E-state index >= 15 is 0 Å². The summed E-state index contributed by atoms with van der Waals surface area (Å²) in [5.41, 5.74) is 5.64. The molecule has 1 amide bonds. The summed E-state index contributed by atoms with van der Waals surface area (Å²) in [5, 5.41) is 3.19. The lowest BCUT2D eigenvalue weighted by Crippen LogP contribution is -2.59. The maximum Gasteiger partial charge on any atom is 0.220 e. The minimum Gasteiger partial charge on any atom is -0.379 e. The first kappa shape index (κ1) is 18.0. The Morgan fingerprint density at radius 1 is 1.23 bits per heavy atom. The number of morpholine rings is 1. The van der Waals surface area contributed by atoms with Gasteiger partial charge in [-0.05, 0) is 31.6 Å². The van der Waals surface area contributed by atoms with Crippen molar-refractivity contribution in [2.75, 3.05) is 50.9 Å². The molecule has 0 aliphatic carbocycles. The number of amides is 1. The van der Waals surface area contributed by atoms with Gasteiger partial charge >= 0.3 is 0 Å². The average Bonchev–Trinajstić information content (AvgIpc) is 3.04. The molecule has 0 aromatic rings. The second kappa shape index (κ2) is 9.75. The highest BCUT2D eigenvalue weighted by Crippen LogP contribution is 2.33. The number of nitrogens with one attached hydrogen (secondary N) is 1. The van der Waals surface area contributed by atoms with Crippen molar-refractivity contribution in [1.29, 1.82) is 0 Å². The van der Waals surface area contributed by atoms with Gasteiger partial charge in [-0.15, -0.1) is 0 Å². The number of carbonyl (C=O) groups excluding carboxylic acids is 1. The Morgan fingerprint density at radius 2 is 2.00 bits per heavy atom. The SMILES string of the molecule is NCCCCCCC(=O)NCC1(N2CCOCC2)CCSC1. The number of nitrogens with zero attached hydrogens (tertiary/aromatic N) is 1. The summed E-state index contributed by atoms with van der Waals surface area (Å²) in [7, 11) is 0. The molecule has 128 valence electrons. The number of rotatable bonds is 9. The van der Waals surface area contributed by atoms with Gasteiger partial charge in [-0.25, -0.2) is 0 Å². The van der Waals surface area contributed by atoms with Gasteiger partial charge in [-0.2, -0.15) is 11.8 Å². The first-order valence-corrected chi connectivity index (χ1v) is 9.80. The van der Waals surface area contributed by atoms with Gasteiger partial charge in [0.2, 0.25) is 5.91 Å². The second-order valence-electron chi connectivity index (χ2n) is 6.36. The summed E-state index contributed by atoms with van der Waals surface area (Å²) < 4.78 is 5.47. The number of hydrogen-bond acceptors (Lipinski definition) is 5. The van der Waals surface area contributed by atoms with Crippen molar-refractivity contribution in [3.05, 3.63) is 0 Å². The largest absolute Gasteiger partial charge is 0.379 e. The Morgan fingerprint density at radius 3 is 2.68 bits per heavy atom. The third-order valence-electron chi connectivity index (χ3n) is 4.74. The van der Waals surface area contributed by atoms with Crippen molar-refractivity contribution < 1.29 is 9.53 Å². The van der Waals surface area contributed by atoms with Crippen molar-refractivity contribution in [3.63, 3.8) is 0 Å². The van der Waals surface area contributed by atoms with Crippen LogP contribution in [0.2, 0.25) is 0 Å². The van der Waals surface area contributed by atoms with Crippen LogP contribution in [0.15, 0.2) is 0 Å². The van der Waals surface area contributed by atoms with Crippen molar-refractivity contribution in [2.24, 2.45) is 5.73 Å². The fraction of sp³-hybridized carbons (Fsp3) is 0.938. The van der Waals surface area contributed by atoms with E-state index < -0.39 is 0 Å². The van der Waals surface area contributed by atoms with Gasteiger partial charge in [0.1, 0.15) is 0 Å². The monoisotopic (exact) mass is 329 g/mol. The Hall–Kier alpha value is -0.300. The molecule has 2 fully saturated rings. The van der Waals surface area contributed by atoms with Crippen LogP contribution in [-0.2, 0) is 9.53 Å². The van der Waals surface area contributed by atoms with Gasteiger partial charge < -0.3 is 15.8 Å². The van der Waals surface area contributed by atoms with Gasteiger partial charge in [0.25, 0.3) is 0 Å². The molecule has 1 atom stereocenters. The number of thioether (sulfide) groups is 1. The number of ether oxygens (including phenoxy) is 1. The first-order valence-electron chi connectivity index (χ1n) is 8.64.